The molecule has 2 aromatic rings. The molecule has 1 fully saturated rings. The first-order valence-electron chi connectivity index (χ1n) is 6.16. The van der Waals surface area contributed by atoms with Crippen LogP contribution in [0.3, 0.4) is 0 Å². The summed E-state index contributed by atoms with van der Waals surface area (Å²) in [5.41, 5.74) is 2.00. The molecule has 0 aromatic carbocycles. The fraction of sp³-hybridized carbons (Fsp3) is 0.500. The largest absolute Gasteiger partial charge is 0.350 e. The first kappa shape index (κ1) is 11.6. The molecule has 0 atom stereocenters. The van der Waals surface area contributed by atoms with Crippen LogP contribution in [-0.4, -0.2) is 36.4 Å². The Bertz CT molecular complexity index is 585. The SMILES string of the molecule is Cc1cccn2nc(NC3CCS(=O)CC3)nc12. The van der Waals surface area contributed by atoms with Gasteiger partial charge < -0.3 is 5.32 Å². The van der Waals surface area contributed by atoms with E-state index in [1.165, 1.54) is 0 Å². The summed E-state index contributed by atoms with van der Waals surface area (Å²) in [7, 11) is -0.623. The van der Waals surface area contributed by atoms with Crippen LogP contribution >= 0.6 is 0 Å². The van der Waals surface area contributed by atoms with Crippen LogP contribution in [0.5, 0.6) is 0 Å². The van der Waals surface area contributed by atoms with Crippen molar-refractivity contribution < 1.29 is 4.21 Å². The van der Waals surface area contributed by atoms with Gasteiger partial charge in [-0.05, 0) is 31.4 Å². The Kier molecular flexibility index (Phi) is 3.03. The third-order valence-corrected chi connectivity index (χ3v) is 4.66. The Morgan fingerprint density at radius 2 is 2.22 bits per heavy atom. The maximum absolute atomic E-state index is 11.3. The Balaban J connectivity index is 1.79. The van der Waals surface area contributed by atoms with Crippen LogP contribution in [-0.2, 0) is 10.8 Å². The van der Waals surface area contributed by atoms with Gasteiger partial charge in [0.25, 0.3) is 0 Å². The number of rotatable bonds is 2. The van der Waals surface area contributed by atoms with Gasteiger partial charge in [-0.3, -0.25) is 4.21 Å². The standard InChI is InChI=1S/C12H16N4OS/c1-9-3-2-6-16-11(9)14-12(15-16)13-10-4-7-18(17)8-5-10/h2-3,6,10H,4-5,7-8H2,1H3,(H,13,15). The van der Waals surface area contributed by atoms with E-state index in [-0.39, 0.29) is 0 Å². The van der Waals surface area contributed by atoms with Crippen molar-refractivity contribution >= 4 is 22.4 Å². The second-order valence-corrected chi connectivity index (χ2v) is 6.36. The topological polar surface area (TPSA) is 59.3 Å². The van der Waals surface area contributed by atoms with Crippen molar-refractivity contribution in [2.24, 2.45) is 0 Å². The molecule has 0 saturated carbocycles. The number of pyridine rings is 1. The maximum Gasteiger partial charge on any atom is 0.243 e. The van der Waals surface area contributed by atoms with Crippen LogP contribution in [0.2, 0.25) is 0 Å². The second-order valence-electron chi connectivity index (χ2n) is 4.66. The van der Waals surface area contributed by atoms with Gasteiger partial charge in [-0.25, -0.2) is 4.52 Å². The minimum absolute atomic E-state index is 0.348. The highest BCUT2D eigenvalue weighted by Gasteiger charge is 2.19. The van der Waals surface area contributed by atoms with Gasteiger partial charge in [0.15, 0.2) is 5.65 Å². The Labute approximate surface area is 108 Å². The Hall–Kier alpha value is -1.43. The second kappa shape index (κ2) is 4.68. The zero-order valence-electron chi connectivity index (χ0n) is 10.3. The average Bonchev–Trinajstić information content (AvgIpc) is 2.76. The molecule has 0 unspecified atom stereocenters. The lowest BCUT2D eigenvalue weighted by Crippen LogP contribution is -2.29. The van der Waals surface area contributed by atoms with Crippen molar-refractivity contribution in [2.75, 3.05) is 16.8 Å². The summed E-state index contributed by atoms with van der Waals surface area (Å²) in [4.78, 5) is 4.49. The number of nitrogens with one attached hydrogen (secondary N) is 1. The lowest BCUT2D eigenvalue weighted by molar-refractivity contribution is 0.620. The van der Waals surface area contributed by atoms with Crippen LogP contribution in [0, 0.1) is 6.92 Å². The number of fused-ring (bicyclic) bond motifs is 1. The molecule has 6 heteroatoms. The number of aryl methyl sites for hydroxylation is 1. The molecular formula is C12H16N4OS. The van der Waals surface area contributed by atoms with Crippen molar-refractivity contribution in [1.29, 1.82) is 0 Å². The van der Waals surface area contributed by atoms with Crippen LogP contribution in [0.25, 0.3) is 5.65 Å². The van der Waals surface area contributed by atoms with Gasteiger partial charge in [0.1, 0.15) is 0 Å². The minimum Gasteiger partial charge on any atom is -0.350 e. The summed E-state index contributed by atoms with van der Waals surface area (Å²) in [6, 6.07) is 4.34. The van der Waals surface area contributed by atoms with Crippen molar-refractivity contribution in [3.63, 3.8) is 0 Å². The van der Waals surface area contributed by atoms with Gasteiger partial charge in [-0.1, -0.05) is 6.07 Å². The zero-order valence-corrected chi connectivity index (χ0v) is 11.1. The fourth-order valence-electron chi connectivity index (χ4n) is 2.22. The molecule has 0 aliphatic carbocycles. The highest BCUT2D eigenvalue weighted by Crippen LogP contribution is 2.15. The fourth-order valence-corrected chi connectivity index (χ4v) is 3.52. The summed E-state index contributed by atoms with van der Waals surface area (Å²) in [5, 5.41) is 7.75. The predicted molar refractivity (Wildman–Crippen MR) is 72.2 cm³/mol. The van der Waals surface area contributed by atoms with Crippen LogP contribution < -0.4 is 5.32 Å². The predicted octanol–water partition coefficient (Wildman–Crippen LogP) is 1.36. The van der Waals surface area contributed by atoms with Crippen molar-refractivity contribution in [1.82, 2.24) is 14.6 Å². The minimum atomic E-state index is -0.623. The van der Waals surface area contributed by atoms with Crippen LogP contribution in [0.1, 0.15) is 18.4 Å². The lowest BCUT2D eigenvalue weighted by atomic mass is 10.2. The quantitative estimate of drug-likeness (QED) is 0.890. The summed E-state index contributed by atoms with van der Waals surface area (Å²) < 4.78 is 13.1. The van der Waals surface area contributed by atoms with Crippen molar-refractivity contribution in [2.45, 2.75) is 25.8 Å². The molecule has 96 valence electrons. The molecule has 3 heterocycles. The molecule has 1 N–H and O–H groups in total. The van der Waals surface area contributed by atoms with Crippen molar-refractivity contribution in [3.05, 3.63) is 23.9 Å². The van der Waals surface area contributed by atoms with E-state index in [2.05, 4.69) is 15.4 Å². The van der Waals surface area contributed by atoms with Gasteiger partial charge >= 0.3 is 0 Å². The van der Waals surface area contributed by atoms with Gasteiger partial charge in [0, 0.05) is 34.5 Å². The van der Waals surface area contributed by atoms with Gasteiger partial charge in [0.05, 0.1) is 0 Å². The first-order chi connectivity index (χ1) is 8.72. The molecule has 0 bridgehead atoms. The smallest absolute Gasteiger partial charge is 0.243 e. The summed E-state index contributed by atoms with van der Waals surface area (Å²) in [6.45, 7) is 2.03. The highest BCUT2D eigenvalue weighted by molar-refractivity contribution is 7.85. The van der Waals surface area contributed by atoms with Crippen LogP contribution in [0.15, 0.2) is 18.3 Å². The number of hydrogen-bond acceptors (Lipinski definition) is 4. The van der Waals surface area contributed by atoms with E-state index >= 15 is 0 Å². The Morgan fingerprint density at radius 3 is 2.94 bits per heavy atom. The molecule has 3 rings (SSSR count). The van der Waals surface area contributed by atoms with E-state index in [0.29, 0.717) is 12.0 Å². The molecule has 1 aliphatic heterocycles. The van der Waals surface area contributed by atoms with Gasteiger partial charge in [0.2, 0.25) is 5.95 Å². The molecule has 0 radical (unpaired) electrons. The molecule has 18 heavy (non-hydrogen) atoms. The van der Waals surface area contributed by atoms with E-state index in [9.17, 15) is 4.21 Å². The third kappa shape index (κ3) is 2.25. The highest BCUT2D eigenvalue weighted by atomic mass is 32.2. The number of hydrogen-bond donors (Lipinski definition) is 1. The molecule has 0 amide bonds. The van der Waals surface area contributed by atoms with E-state index in [4.69, 9.17) is 0 Å². The molecule has 5 nitrogen and oxygen atoms in total. The molecule has 2 aromatic heterocycles. The molecule has 1 saturated heterocycles. The molecular weight excluding hydrogens is 248 g/mol. The monoisotopic (exact) mass is 264 g/mol. The number of nitrogens with zero attached hydrogens (tertiary/aromatic N) is 3. The van der Waals surface area contributed by atoms with Gasteiger partial charge in [-0.15, -0.1) is 5.10 Å². The average molecular weight is 264 g/mol. The normalized spacial score (nSPS) is 24.3. The zero-order chi connectivity index (χ0) is 12.5. The van der Waals surface area contributed by atoms with Crippen LogP contribution in [0.4, 0.5) is 5.95 Å². The summed E-state index contributed by atoms with van der Waals surface area (Å²) in [6.07, 6.45) is 3.76. The van der Waals surface area contributed by atoms with E-state index in [0.717, 1.165) is 35.6 Å². The first-order valence-corrected chi connectivity index (χ1v) is 7.65. The van der Waals surface area contributed by atoms with E-state index < -0.39 is 10.8 Å². The Morgan fingerprint density at radius 1 is 1.44 bits per heavy atom. The van der Waals surface area contributed by atoms with E-state index in [1.807, 2.05) is 25.3 Å². The summed E-state index contributed by atoms with van der Waals surface area (Å²) in [5.74, 6) is 2.23. The lowest BCUT2D eigenvalue weighted by Gasteiger charge is -2.21. The maximum atomic E-state index is 11.3. The number of aromatic nitrogens is 3. The molecule has 0 spiro atoms. The summed E-state index contributed by atoms with van der Waals surface area (Å²) >= 11 is 0. The third-order valence-electron chi connectivity index (χ3n) is 3.28. The number of anilines is 1. The molecule has 1 aliphatic rings. The van der Waals surface area contributed by atoms with Gasteiger partial charge in [-0.2, -0.15) is 4.98 Å². The van der Waals surface area contributed by atoms with Crippen molar-refractivity contribution in [3.8, 4) is 0 Å². The van der Waals surface area contributed by atoms with E-state index in [1.54, 1.807) is 4.52 Å².